The summed E-state index contributed by atoms with van der Waals surface area (Å²) in [4.78, 5) is 0. The highest BCUT2D eigenvalue weighted by molar-refractivity contribution is 6.30. The van der Waals surface area contributed by atoms with Crippen LogP contribution in [0.5, 0.6) is 0 Å². The van der Waals surface area contributed by atoms with Crippen molar-refractivity contribution in [2.75, 3.05) is 0 Å². The lowest BCUT2D eigenvalue weighted by molar-refractivity contribution is 0.842. The summed E-state index contributed by atoms with van der Waals surface area (Å²) < 4.78 is 1.72. The van der Waals surface area contributed by atoms with E-state index < -0.39 is 0 Å². The van der Waals surface area contributed by atoms with Crippen LogP contribution in [0.2, 0.25) is 5.02 Å². The van der Waals surface area contributed by atoms with E-state index in [9.17, 15) is 0 Å². The molecule has 0 aliphatic heterocycles. The fraction of sp³-hybridized carbons (Fsp3) is 0. The number of para-hydroxylation sites is 1. The lowest BCUT2D eigenvalue weighted by atomic mass is 10.2. The standard InChI is InChI=1S/C14H10ClN3/c1-10(11-5-4-6-12(15)9-11)18-14-8-3-2-7-13(14)16-17-18/h2-9H,1H2. The van der Waals surface area contributed by atoms with Gasteiger partial charge in [-0.25, -0.2) is 4.68 Å². The minimum atomic E-state index is 0.679. The maximum absolute atomic E-state index is 5.98. The highest BCUT2D eigenvalue weighted by Gasteiger charge is 2.08. The first-order chi connectivity index (χ1) is 8.75. The molecule has 1 aromatic heterocycles. The van der Waals surface area contributed by atoms with E-state index in [1.54, 1.807) is 4.68 Å². The number of fused-ring (bicyclic) bond motifs is 1. The first kappa shape index (κ1) is 11.0. The Bertz CT molecular complexity index is 730. The van der Waals surface area contributed by atoms with E-state index in [0.717, 1.165) is 22.3 Å². The maximum Gasteiger partial charge on any atom is 0.113 e. The van der Waals surface area contributed by atoms with Crippen molar-refractivity contribution in [1.82, 2.24) is 15.0 Å². The summed E-state index contributed by atoms with van der Waals surface area (Å²) in [5, 5.41) is 8.91. The number of nitrogens with zero attached hydrogens (tertiary/aromatic N) is 3. The monoisotopic (exact) mass is 255 g/mol. The van der Waals surface area contributed by atoms with Crippen LogP contribution in [0.15, 0.2) is 55.1 Å². The molecule has 0 aliphatic carbocycles. The molecule has 3 nitrogen and oxygen atoms in total. The van der Waals surface area contributed by atoms with E-state index in [1.807, 2.05) is 48.5 Å². The van der Waals surface area contributed by atoms with E-state index in [4.69, 9.17) is 11.6 Å². The average Bonchev–Trinajstić information content (AvgIpc) is 2.82. The molecule has 1 heterocycles. The van der Waals surface area contributed by atoms with Crippen molar-refractivity contribution in [1.29, 1.82) is 0 Å². The summed E-state index contributed by atoms with van der Waals surface area (Å²) in [6.45, 7) is 4.06. The first-order valence-electron chi connectivity index (χ1n) is 5.51. The van der Waals surface area contributed by atoms with Gasteiger partial charge in [0.05, 0.1) is 11.2 Å². The highest BCUT2D eigenvalue weighted by Crippen LogP contribution is 2.21. The van der Waals surface area contributed by atoms with Crippen molar-refractivity contribution >= 4 is 28.3 Å². The number of hydrogen-bond acceptors (Lipinski definition) is 2. The number of rotatable bonds is 2. The molecule has 0 fully saturated rings. The SMILES string of the molecule is C=C(c1cccc(Cl)c1)n1nnc2ccccc21. The Morgan fingerprint density at radius 3 is 2.78 bits per heavy atom. The Hall–Kier alpha value is -2.13. The van der Waals surface area contributed by atoms with E-state index in [-0.39, 0.29) is 0 Å². The van der Waals surface area contributed by atoms with Crippen LogP contribution in [0.1, 0.15) is 5.56 Å². The Labute approximate surface area is 109 Å². The van der Waals surface area contributed by atoms with Gasteiger partial charge in [-0.15, -0.1) is 5.10 Å². The second kappa shape index (κ2) is 4.27. The zero-order valence-corrected chi connectivity index (χ0v) is 10.3. The van der Waals surface area contributed by atoms with Gasteiger partial charge in [-0.05, 0) is 24.3 Å². The number of aromatic nitrogens is 3. The summed E-state index contributed by atoms with van der Waals surface area (Å²) in [7, 11) is 0. The molecule has 0 unspecified atom stereocenters. The van der Waals surface area contributed by atoms with Gasteiger partial charge in [0.25, 0.3) is 0 Å². The van der Waals surface area contributed by atoms with Crippen molar-refractivity contribution in [2.24, 2.45) is 0 Å². The van der Waals surface area contributed by atoms with Crippen LogP contribution in [0.3, 0.4) is 0 Å². The van der Waals surface area contributed by atoms with Crippen LogP contribution in [-0.2, 0) is 0 Å². The van der Waals surface area contributed by atoms with Gasteiger partial charge in [0.15, 0.2) is 0 Å². The van der Waals surface area contributed by atoms with Crippen LogP contribution < -0.4 is 0 Å². The second-order valence-corrected chi connectivity index (χ2v) is 4.38. The summed E-state index contributed by atoms with van der Waals surface area (Å²) in [5.74, 6) is 0. The van der Waals surface area contributed by atoms with Crippen LogP contribution >= 0.6 is 11.6 Å². The van der Waals surface area contributed by atoms with Crippen LogP contribution in [0, 0.1) is 0 Å². The average molecular weight is 256 g/mol. The lowest BCUT2D eigenvalue weighted by Crippen LogP contribution is -1.99. The third-order valence-corrected chi connectivity index (χ3v) is 3.00. The molecule has 88 valence electrons. The van der Waals surface area contributed by atoms with Gasteiger partial charge in [-0.3, -0.25) is 0 Å². The molecule has 0 spiro atoms. The molecule has 0 saturated heterocycles. The second-order valence-electron chi connectivity index (χ2n) is 3.95. The van der Waals surface area contributed by atoms with Crippen molar-refractivity contribution in [3.8, 4) is 0 Å². The van der Waals surface area contributed by atoms with E-state index >= 15 is 0 Å². The predicted molar refractivity (Wildman–Crippen MR) is 73.4 cm³/mol. The molecule has 0 radical (unpaired) electrons. The Morgan fingerprint density at radius 1 is 1.11 bits per heavy atom. The smallest absolute Gasteiger partial charge is 0.113 e. The largest absolute Gasteiger partial charge is 0.213 e. The van der Waals surface area contributed by atoms with Crippen molar-refractivity contribution in [2.45, 2.75) is 0 Å². The molecule has 0 aliphatic rings. The van der Waals surface area contributed by atoms with Crippen LogP contribution in [-0.4, -0.2) is 15.0 Å². The van der Waals surface area contributed by atoms with Gasteiger partial charge in [-0.1, -0.05) is 47.7 Å². The van der Waals surface area contributed by atoms with Crippen molar-refractivity contribution < 1.29 is 0 Å². The normalized spacial score (nSPS) is 10.7. The van der Waals surface area contributed by atoms with Crippen LogP contribution in [0.25, 0.3) is 16.7 Å². The van der Waals surface area contributed by atoms with Gasteiger partial charge in [0.2, 0.25) is 0 Å². The molecule has 18 heavy (non-hydrogen) atoms. The molecular formula is C14H10ClN3. The third kappa shape index (κ3) is 1.79. The summed E-state index contributed by atoms with van der Waals surface area (Å²) in [5.41, 5.74) is 3.47. The van der Waals surface area contributed by atoms with Crippen molar-refractivity contribution in [3.63, 3.8) is 0 Å². The number of hydrogen-bond donors (Lipinski definition) is 0. The molecule has 4 heteroatoms. The van der Waals surface area contributed by atoms with Gasteiger partial charge >= 0.3 is 0 Å². The quantitative estimate of drug-likeness (QED) is 0.700. The van der Waals surface area contributed by atoms with Gasteiger partial charge in [0, 0.05) is 10.6 Å². The fourth-order valence-corrected chi connectivity index (χ4v) is 2.05. The maximum atomic E-state index is 5.98. The van der Waals surface area contributed by atoms with Crippen LogP contribution in [0.4, 0.5) is 0 Å². The summed E-state index contributed by atoms with van der Waals surface area (Å²) in [6, 6.07) is 15.3. The molecule has 0 bridgehead atoms. The Kier molecular flexibility index (Phi) is 2.61. The minimum Gasteiger partial charge on any atom is -0.213 e. The fourth-order valence-electron chi connectivity index (χ4n) is 1.86. The molecule has 0 atom stereocenters. The van der Waals surface area contributed by atoms with Gasteiger partial charge in [0.1, 0.15) is 5.52 Å². The molecule has 0 amide bonds. The topological polar surface area (TPSA) is 30.7 Å². The van der Waals surface area contributed by atoms with E-state index in [0.29, 0.717) is 5.02 Å². The zero-order chi connectivity index (χ0) is 12.5. The zero-order valence-electron chi connectivity index (χ0n) is 9.55. The Balaban J connectivity index is 2.12. The molecular weight excluding hydrogens is 246 g/mol. The molecule has 3 aromatic rings. The van der Waals surface area contributed by atoms with Gasteiger partial charge in [-0.2, -0.15) is 0 Å². The lowest BCUT2D eigenvalue weighted by Gasteiger charge is -2.06. The van der Waals surface area contributed by atoms with Gasteiger partial charge < -0.3 is 0 Å². The van der Waals surface area contributed by atoms with Crippen molar-refractivity contribution in [3.05, 3.63) is 65.7 Å². The van der Waals surface area contributed by atoms with E-state index in [2.05, 4.69) is 16.9 Å². The summed E-state index contributed by atoms with van der Waals surface area (Å²) in [6.07, 6.45) is 0. The molecule has 3 rings (SSSR count). The summed E-state index contributed by atoms with van der Waals surface area (Å²) >= 11 is 5.98. The molecule has 0 saturated carbocycles. The highest BCUT2D eigenvalue weighted by atomic mass is 35.5. The first-order valence-corrected chi connectivity index (χ1v) is 5.89. The van der Waals surface area contributed by atoms with E-state index in [1.165, 1.54) is 0 Å². The third-order valence-electron chi connectivity index (χ3n) is 2.77. The Morgan fingerprint density at radius 2 is 1.94 bits per heavy atom. The minimum absolute atomic E-state index is 0.679. The molecule has 2 aromatic carbocycles. The molecule has 0 N–H and O–H groups in total. The number of benzene rings is 2. The predicted octanol–water partition coefficient (Wildman–Crippen LogP) is 3.60. The number of halogens is 1.